The largest absolute Gasteiger partial charge is 0.329 e. The van der Waals surface area contributed by atoms with E-state index in [0.29, 0.717) is 6.04 Å². The van der Waals surface area contributed by atoms with E-state index in [2.05, 4.69) is 42.2 Å². The van der Waals surface area contributed by atoms with Crippen molar-refractivity contribution in [2.24, 2.45) is 11.7 Å². The molecule has 2 nitrogen and oxygen atoms in total. The standard InChI is InChI=1S/C16H26N2/c1-2-18(13-15-9-6-10-15)16(12-17)11-14-7-4-3-5-8-14/h3-5,7-8,15-16H,2,6,9-13,17H2,1H3. The summed E-state index contributed by atoms with van der Waals surface area (Å²) in [5.74, 6) is 0.926. The van der Waals surface area contributed by atoms with Crippen LogP contribution in [0.2, 0.25) is 0 Å². The number of hydrogen-bond donors (Lipinski definition) is 1. The van der Waals surface area contributed by atoms with E-state index in [1.54, 1.807) is 0 Å². The second-order valence-electron chi connectivity index (χ2n) is 5.46. The van der Waals surface area contributed by atoms with Crippen molar-refractivity contribution in [3.8, 4) is 0 Å². The van der Waals surface area contributed by atoms with Crippen molar-refractivity contribution in [1.29, 1.82) is 0 Å². The molecule has 1 aliphatic rings. The van der Waals surface area contributed by atoms with Crippen molar-refractivity contribution in [2.45, 2.75) is 38.6 Å². The summed E-state index contributed by atoms with van der Waals surface area (Å²) < 4.78 is 0. The molecule has 2 heteroatoms. The Bertz CT molecular complexity index is 332. The van der Waals surface area contributed by atoms with E-state index >= 15 is 0 Å². The van der Waals surface area contributed by atoms with Gasteiger partial charge in [0.1, 0.15) is 0 Å². The van der Waals surface area contributed by atoms with Crippen LogP contribution in [0.15, 0.2) is 30.3 Å². The highest BCUT2D eigenvalue weighted by atomic mass is 15.2. The monoisotopic (exact) mass is 246 g/mol. The fraction of sp³-hybridized carbons (Fsp3) is 0.625. The SMILES string of the molecule is CCN(CC1CCC1)C(CN)Cc1ccccc1. The summed E-state index contributed by atoms with van der Waals surface area (Å²) in [6.07, 6.45) is 5.34. The molecule has 2 N–H and O–H groups in total. The maximum atomic E-state index is 5.99. The molecular formula is C16H26N2. The molecule has 0 radical (unpaired) electrons. The number of nitrogens with zero attached hydrogens (tertiary/aromatic N) is 1. The summed E-state index contributed by atoms with van der Waals surface area (Å²) in [5.41, 5.74) is 7.39. The smallest absolute Gasteiger partial charge is 0.0258 e. The first-order valence-corrected chi connectivity index (χ1v) is 7.31. The summed E-state index contributed by atoms with van der Waals surface area (Å²) in [7, 11) is 0. The van der Waals surface area contributed by atoms with E-state index < -0.39 is 0 Å². The van der Waals surface area contributed by atoms with E-state index in [9.17, 15) is 0 Å². The van der Waals surface area contributed by atoms with Gasteiger partial charge in [-0.3, -0.25) is 4.90 Å². The summed E-state index contributed by atoms with van der Waals surface area (Å²) in [6, 6.07) is 11.2. The zero-order valence-corrected chi connectivity index (χ0v) is 11.5. The maximum Gasteiger partial charge on any atom is 0.0258 e. The van der Waals surface area contributed by atoms with Gasteiger partial charge < -0.3 is 5.73 Å². The number of nitrogens with two attached hydrogens (primary N) is 1. The molecule has 0 saturated heterocycles. The quantitative estimate of drug-likeness (QED) is 0.801. The van der Waals surface area contributed by atoms with E-state index in [1.807, 2.05) is 0 Å². The van der Waals surface area contributed by atoms with Crippen LogP contribution >= 0.6 is 0 Å². The van der Waals surface area contributed by atoms with Gasteiger partial charge in [-0.1, -0.05) is 43.7 Å². The molecule has 1 saturated carbocycles. The zero-order chi connectivity index (χ0) is 12.8. The zero-order valence-electron chi connectivity index (χ0n) is 11.5. The van der Waals surface area contributed by atoms with Gasteiger partial charge in [-0.05, 0) is 37.3 Å². The molecule has 0 spiro atoms. The van der Waals surface area contributed by atoms with Crippen molar-refractivity contribution in [2.75, 3.05) is 19.6 Å². The van der Waals surface area contributed by atoms with E-state index in [1.165, 1.54) is 31.4 Å². The lowest BCUT2D eigenvalue weighted by Gasteiger charge is -2.36. The molecule has 0 aliphatic heterocycles. The average molecular weight is 246 g/mol. The lowest BCUT2D eigenvalue weighted by molar-refractivity contribution is 0.140. The van der Waals surface area contributed by atoms with E-state index in [0.717, 1.165) is 25.4 Å². The third-order valence-corrected chi connectivity index (χ3v) is 4.23. The van der Waals surface area contributed by atoms with Crippen LogP contribution in [0.4, 0.5) is 0 Å². The Kier molecular flexibility index (Phi) is 5.21. The molecule has 1 aromatic rings. The number of likely N-dealkylation sites (N-methyl/N-ethyl adjacent to an activating group) is 1. The third-order valence-electron chi connectivity index (χ3n) is 4.23. The summed E-state index contributed by atoms with van der Waals surface area (Å²) in [5, 5.41) is 0. The van der Waals surface area contributed by atoms with Crippen LogP contribution in [0.1, 0.15) is 31.7 Å². The predicted octanol–water partition coefficient (Wildman–Crippen LogP) is 2.68. The van der Waals surface area contributed by atoms with Crippen molar-refractivity contribution in [3.05, 3.63) is 35.9 Å². The minimum Gasteiger partial charge on any atom is -0.329 e. The second-order valence-corrected chi connectivity index (χ2v) is 5.46. The van der Waals surface area contributed by atoms with Gasteiger partial charge in [0.25, 0.3) is 0 Å². The highest BCUT2D eigenvalue weighted by molar-refractivity contribution is 5.16. The molecule has 1 aromatic carbocycles. The Morgan fingerprint density at radius 1 is 1.28 bits per heavy atom. The highest BCUT2D eigenvalue weighted by Crippen LogP contribution is 2.27. The average Bonchev–Trinajstić information content (AvgIpc) is 2.37. The first-order chi connectivity index (χ1) is 8.83. The van der Waals surface area contributed by atoms with Gasteiger partial charge in [-0.25, -0.2) is 0 Å². The van der Waals surface area contributed by atoms with Gasteiger partial charge in [0.15, 0.2) is 0 Å². The Morgan fingerprint density at radius 3 is 2.50 bits per heavy atom. The lowest BCUT2D eigenvalue weighted by atomic mass is 9.84. The van der Waals surface area contributed by atoms with Gasteiger partial charge >= 0.3 is 0 Å². The molecule has 0 heterocycles. The molecule has 0 bridgehead atoms. The molecule has 1 aliphatic carbocycles. The van der Waals surface area contributed by atoms with E-state index in [-0.39, 0.29) is 0 Å². The van der Waals surface area contributed by atoms with Gasteiger partial charge in [0.05, 0.1) is 0 Å². The predicted molar refractivity (Wildman–Crippen MR) is 77.6 cm³/mol. The molecule has 100 valence electrons. The first kappa shape index (κ1) is 13.6. The molecule has 0 aromatic heterocycles. The first-order valence-electron chi connectivity index (χ1n) is 7.31. The van der Waals surface area contributed by atoms with Gasteiger partial charge in [-0.2, -0.15) is 0 Å². The van der Waals surface area contributed by atoms with Gasteiger partial charge in [0.2, 0.25) is 0 Å². The second kappa shape index (κ2) is 6.91. The van der Waals surface area contributed by atoms with Gasteiger partial charge in [0, 0.05) is 19.1 Å². The van der Waals surface area contributed by atoms with Crippen molar-refractivity contribution in [1.82, 2.24) is 4.90 Å². The summed E-state index contributed by atoms with van der Waals surface area (Å²) in [4.78, 5) is 2.58. The van der Waals surface area contributed by atoms with Crippen LogP contribution in [0, 0.1) is 5.92 Å². The minimum atomic E-state index is 0.498. The number of benzene rings is 1. The minimum absolute atomic E-state index is 0.498. The van der Waals surface area contributed by atoms with Crippen LogP contribution < -0.4 is 5.73 Å². The highest BCUT2D eigenvalue weighted by Gasteiger charge is 2.23. The molecule has 1 atom stereocenters. The Morgan fingerprint density at radius 2 is 2.00 bits per heavy atom. The normalized spacial score (nSPS) is 17.7. The van der Waals surface area contributed by atoms with Crippen LogP contribution in [0.3, 0.4) is 0 Å². The van der Waals surface area contributed by atoms with Crippen LogP contribution in [0.5, 0.6) is 0 Å². The topological polar surface area (TPSA) is 29.3 Å². The summed E-state index contributed by atoms with van der Waals surface area (Å²) >= 11 is 0. The molecule has 18 heavy (non-hydrogen) atoms. The Hall–Kier alpha value is -0.860. The fourth-order valence-electron chi connectivity index (χ4n) is 2.79. The number of rotatable bonds is 7. The van der Waals surface area contributed by atoms with Gasteiger partial charge in [-0.15, -0.1) is 0 Å². The van der Waals surface area contributed by atoms with E-state index in [4.69, 9.17) is 5.73 Å². The molecule has 2 rings (SSSR count). The van der Waals surface area contributed by atoms with Crippen molar-refractivity contribution in [3.63, 3.8) is 0 Å². The summed E-state index contributed by atoms with van der Waals surface area (Å²) in [6.45, 7) is 5.37. The molecule has 1 unspecified atom stereocenters. The molecular weight excluding hydrogens is 220 g/mol. The fourth-order valence-corrected chi connectivity index (χ4v) is 2.79. The lowest BCUT2D eigenvalue weighted by Crippen LogP contribution is -2.45. The Labute approximate surface area is 111 Å². The maximum absolute atomic E-state index is 5.99. The number of hydrogen-bond acceptors (Lipinski definition) is 2. The van der Waals surface area contributed by atoms with Crippen LogP contribution in [0.25, 0.3) is 0 Å². The van der Waals surface area contributed by atoms with Crippen molar-refractivity contribution < 1.29 is 0 Å². The third kappa shape index (κ3) is 3.56. The molecule has 1 fully saturated rings. The Balaban J connectivity index is 1.92. The molecule has 0 amide bonds. The van der Waals surface area contributed by atoms with Crippen molar-refractivity contribution >= 4 is 0 Å². The van der Waals surface area contributed by atoms with Crippen LogP contribution in [-0.2, 0) is 6.42 Å². The van der Waals surface area contributed by atoms with Crippen LogP contribution in [-0.4, -0.2) is 30.6 Å².